The minimum absolute atomic E-state index is 0.0100. The van der Waals surface area contributed by atoms with Crippen molar-refractivity contribution in [1.29, 1.82) is 0 Å². The lowest BCUT2D eigenvalue weighted by atomic mass is 9.89. The summed E-state index contributed by atoms with van der Waals surface area (Å²) in [5.41, 5.74) is 5.56. The Balaban J connectivity index is 1.17. The molecule has 234 valence electrons. The van der Waals surface area contributed by atoms with Crippen molar-refractivity contribution < 1.29 is 19.4 Å². The minimum Gasteiger partial charge on any atom is -0.392 e. The van der Waals surface area contributed by atoms with Crippen molar-refractivity contribution in [3.8, 4) is 0 Å². The van der Waals surface area contributed by atoms with Crippen LogP contribution in [-0.4, -0.2) is 51.1 Å². The average molecular weight is 607 g/mol. The highest BCUT2D eigenvalue weighted by atomic mass is 16.7. The van der Waals surface area contributed by atoms with Crippen LogP contribution in [0.15, 0.2) is 91.6 Å². The SMILES string of the molecule is C=CCN(C[C@H]1O[C@@H](c2ccc(CNC(=O)c3cnc4ccccc4n3)cc2)O[C@@H](c2ccc(CO)cc2)[C@H]1C)C1CCCC1. The number of amides is 1. The van der Waals surface area contributed by atoms with Crippen molar-refractivity contribution in [2.24, 2.45) is 5.92 Å². The van der Waals surface area contributed by atoms with Gasteiger partial charge in [0.2, 0.25) is 0 Å². The second-order valence-corrected chi connectivity index (χ2v) is 12.2. The van der Waals surface area contributed by atoms with E-state index < -0.39 is 6.29 Å². The van der Waals surface area contributed by atoms with Gasteiger partial charge in [-0.1, -0.05) is 86.5 Å². The van der Waals surface area contributed by atoms with Gasteiger partial charge in [-0.2, -0.15) is 0 Å². The molecule has 1 amide bonds. The van der Waals surface area contributed by atoms with E-state index >= 15 is 0 Å². The van der Waals surface area contributed by atoms with Crippen LogP contribution in [0.3, 0.4) is 0 Å². The fourth-order valence-electron chi connectivity index (χ4n) is 6.50. The van der Waals surface area contributed by atoms with Gasteiger partial charge in [0.05, 0.1) is 36.0 Å². The highest BCUT2D eigenvalue weighted by molar-refractivity contribution is 5.93. The van der Waals surface area contributed by atoms with Crippen molar-refractivity contribution in [3.05, 3.63) is 120 Å². The molecule has 1 saturated carbocycles. The number of carbonyl (C=O) groups is 1. The summed E-state index contributed by atoms with van der Waals surface area (Å²) in [6, 6.07) is 24.1. The number of nitrogens with zero attached hydrogens (tertiary/aromatic N) is 3. The summed E-state index contributed by atoms with van der Waals surface area (Å²) < 4.78 is 13.4. The zero-order valence-electron chi connectivity index (χ0n) is 25.8. The third-order valence-electron chi connectivity index (χ3n) is 9.13. The molecule has 2 aliphatic rings. The van der Waals surface area contributed by atoms with Crippen molar-refractivity contribution in [1.82, 2.24) is 20.2 Å². The molecule has 1 saturated heterocycles. The van der Waals surface area contributed by atoms with Gasteiger partial charge in [0.25, 0.3) is 5.91 Å². The number of carbonyl (C=O) groups excluding carboxylic acids is 1. The Bertz CT molecular complexity index is 1590. The van der Waals surface area contributed by atoms with Gasteiger partial charge < -0.3 is 19.9 Å². The molecule has 8 nitrogen and oxygen atoms in total. The van der Waals surface area contributed by atoms with Crippen LogP contribution in [0.5, 0.6) is 0 Å². The molecule has 2 fully saturated rings. The summed E-state index contributed by atoms with van der Waals surface area (Å²) in [7, 11) is 0. The molecule has 0 radical (unpaired) electrons. The molecule has 1 aliphatic heterocycles. The third kappa shape index (κ3) is 7.31. The molecule has 3 aromatic carbocycles. The molecule has 4 atom stereocenters. The summed E-state index contributed by atoms with van der Waals surface area (Å²) in [4.78, 5) is 24.1. The molecule has 0 spiro atoms. The summed E-state index contributed by atoms with van der Waals surface area (Å²) in [5.74, 6) is -0.155. The number of nitrogens with one attached hydrogen (secondary N) is 1. The van der Waals surface area contributed by atoms with Gasteiger partial charge in [0.15, 0.2) is 6.29 Å². The van der Waals surface area contributed by atoms with Crippen molar-refractivity contribution in [2.75, 3.05) is 13.1 Å². The second kappa shape index (κ2) is 14.4. The normalized spacial score (nSPS) is 22.1. The van der Waals surface area contributed by atoms with E-state index in [4.69, 9.17) is 9.47 Å². The van der Waals surface area contributed by atoms with E-state index in [1.807, 2.05) is 66.7 Å². The van der Waals surface area contributed by atoms with E-state index in [1.165, 1.54) is 31.9 Å². The number of aliphatic hydroxyl groups is 1. The van der Waals surface area contributed by atoms with Gasteiger partial charge in [0, 0.05) is 37.2 Å². The molecule has 1 aromatic heterocycles. The first kappa shape index (κ1) is 31.0. The molecule has 4 aromatic rings. The van der Waals surface area contributed by atoms with Crippen LogP contribution >= 0.6 is 0 Å². The molecular formula is C37H42N4O4. The Morgan fingerprint density at radius 2 is 1.67 bits per heavy atom. The molecule has 0 unspecified atom stereocenters. The number of aliphatic hydroxyl groups excluding tert-OH is 1. The van der Waals surface area contributed by atoms with Crippen LogP contribution in [0.2, 0.25) is 0 Å². The fourth-order valence-corrected chi connectivity index (χ4v) is 6.50. The number of para-hydroxylation sites is 2. The molecule has 8 heteroatoms. The molecule has 2 N–H and O–H groups in total. The highest BCUT2D eigenvalue weighted by Gasteiger charge is 2.40. The van der Waals surface area contributed by atoms with E-state index in [0.717, 1.165) is 40.9 Å². The number of aromatic nitrogens is 2. The monoisotopic (exact) mass is 606 g/mol. The van der Waals surface area contributed by atoms with E-state index in [9.17, 15) is 9.90 Å². The van der Waals surface area contributed by atoms with E-state index in [2.05, 4.69) is 45.8 Å². The number of fused-ring (bicyclic) bond motifs is 1. The zero-order chi connectivity index (χ0) is 31.2. The van der Waals surface area contributed by atoms with Gasteiger partial charge in [-0.25, -0.2) is 4.98 Å². The molecule has 0 bridgehead atoms. The Hall–Kier alpha value is -3.95. The van der Waals surface area contributed by atoms with Gasteiger partial charge in [-0.05, 0) is 41.7 Å². The van der Waals surface area contributed by atoms with Gasteiger partial charge >= 0.3 is 0 Å². The Kier molecular flexibility index (Phi) is 9.96. The average Bonchev–Trinajstić information content (AvgIpc) is 3.63. The molecule has 6 rings (SSSR count). The largest absolute Gasteiger partial charge is 0.392 e. The third-order valence-corrected chi connectivity index (χ3v) is 9.13. The van der Waals surface area contributed by atoms with E-state index in [0.29, 0.717) is 18.1 Å². The minimum atomic E-state index is -0.542. The predicted octanol–water partition coefficient (Wildman–Crippen LogP) is 6.27. The number of hydrogen-bond donors (Lipinski definition) is 2. The Labute approximate surface area is 265 Å². The molecule has 45 heavy (non-hydrogen) atoms. The van der Waals surface area contributed by atoms with Crippen LogP contribution in [0, 0.1) is 5.92 Å². The lowest BCUT2D eigenvalue weighted by Crippen LogP contribution is -2.47. The van der Waals surface area contributed by atoms with E-state index in [-0.39, 0.29) is 36.3 Å². The highest BCUT2D eigenvalue weighted by Crippen LogP contribution is 2.42. The lowest BCUT2D eigenvalue weighted by Gasteiger charge is -2.43. The van der Waals surface area contributed by atoms with E-state index in [1.54, 1.807) is 0 Å². The maximum absolute atomic E-state index is 12.8. The van der Waals surface area contributed by atoms with Crippen LogP contribution in [-0.2, 0) is 22.6 Å². The van der Waals surface area contributed by atoms with Crippen molar-refractivity contribution >= 4 is 16.9 Å². The van der Waals surface area contributed by atoms with Crippen LogP contribution in [0.4, 0.5) is 0 Å². The predicted molar refractivity (Wildman–Crippen MR) is 174 cm³/mol. The Morgan fingerprint density at radius 3 is 2.38 bits per heavy atom. The number of ether oxygens (including phenoxy) is 2. The first-order chi connectivity index (χ1) is 22.0. The van der Waals surface area contributed by atoms with Crippen LogP contribution in [0.1, 0.15) is 77.7 Å². The molecule has 1 aliphatic carbocycles. The summed E-state index contributed by atoms with van der Waals surface area (Å²) in [6.45, 7) is 8.25. The first-order valence-electron chi connectivity index (χ1n) is 16.0. The maximum atomic E-state index is 12.8. The van der Waals surface area contributed by atoms with Gasteiger partial charge in [-0.3, -0.25) is 14.7 Å². The smallest absolute Gasteiger partial charge is 0.271 e. The standard InChI is InChI=1S/C37H42N4O4/c1-3-20-41(30-8-4-5-9-30)23-34-25(2)35(28-16-14-27(24-42)15-17-28)45-37(44-34)29-18-12-26(13-19-29)21-39-36(43)33-22-38-31-10-6-7-11-32(31)40-33/h3,6-7,10-19,22,25,30,34-35,37,42H,1,4-5,8-9,20-21,23-24H2,2H3,(H,39,43)/t25-,34+,35+,37+/m0/s1. The van der Waals surface area contributed by atoms with Crippen molar-refractivity contribution in [2.45, 2.75) is 70.3 Å². The fraction of sp³-hybridized carbons (Fsp3) is 0.378. The van der Waals surface area contributed by atoms with Crippen LogP contribution < -0.4 is 5.32 Å². The molecular weight excluding hydrogens is 564 g/mol. The number of rotatable bonds is 11. The number of hydrogen-bond acceptors (Lipinski definition) is 7. The van der Waals surface area contributed by atoms with Crippen molar-refractivity contribution in [3.63, 3.8) is 0 Å². The van der Waals surface area contributed by atoms with Gasteiger partial charge in [-0.15, -0.1) is 6.58 Å². The summed E-state index contributed by atoms with van der Waals surface area (Å²) in [6.07, 6.45) is 7.71. The van der Waals surface area contributed by atoms with Gasteiger partial charge in [0.1, 0.15) is 5.69 Å². The Morgan fingerprint density at radius 1 is 0.978 bits per heavy atom. The maximum Gasteiger partial charge on any atom is 0.271 e. The molecule has 2 heterocycles. The summed E-state index contributed by atoms with van der Waals surface area (Å²) >= 11 is 0. The lowest BCUT2D eigenvalue weighted by molar-refractivity contribution is -0.276. The first-order valence-corrected chi connectivity index (χ1v) is 16.0. The second-order valence-electron chi connectivity index (χ2n) is 12.2. The topological polar surface area (TPSA) is 96.8 Å². The number of benzene rings is 3. The zero-order valence-corrected chi connectivity index (χ0v) is 25.8. The summed E-state index contributed by atoms with van der Waals surface area (Å²) in [5, 5.41) is 12.5. The van der Waals surface area contributed by atoms with Crippen LogP contribution in [0.25, 0.3) is 11.0 Å². The quantitative estimate of drug-likeness (QED) is 0.194.